The number of para-hydroxylation sites is 1. The Morgan fingerprint density at radius 2 is 1.83 bits per heavy atom. The number of nitrogens with zero attached hydrogens (tertiary/aromatic N) is 3. The number of furan rings is 1. The highest BCUT2D eigenvalue weighted by Gasteiger charge is 2.15. The summed E-state index contributed by atoms with van der Waals surface area (Å²) in [4.78, 5) is 12.3. The molecular formula is C22H20N4O2S. The summed E-state index contributed by atoms with van der Waals surface area (Å²) in [6, 6.07) is 18.9. The largest absolute Gasteiger partial charge is 0.469 e. The van der Waals surface area contributed by atoms with Gasteiger partial charge in [-0.2, -0.15) is 0 Å². The van der Waals surface area contributed by atoms with Crippen molar-refractivity contribution in [2.45, 2.75) is 17.8 Å². The van der Waals surface area contributed by atoms with Crippen molar-refractivity contribution in [1.82, 2.24) is 14.8 Å². The number of nitrogens with one attached hydrogen (secondary N) is 1. The molecule has 0 aliphatic heterocycles. The molecule has 6 nitrogen and oxygen atoms in total. The monoisotopic (exact) mass is 404 g/mol. The van der Waals surface area contributed by atoms with E-state index in [4.69, 9.17) is 4.42 Å². The Labute approximate surface area is 173 Å². The number of anilines is 1. The van der Waals surface area contributed by atoms with Gasteiger partial charge < -0.3 is 14.3 Å². The minimum absolute atomic E-state index is 0.121. The maximum Gasteiger partial charge on any atom is 0.255 e. The molecule has 146 valence electrons. The maximum absolute atomic E-state index is 12.3. The summed E-state index contributed by atoms with van der Waals surface area (Å²) in [6.07, 6.45) is 1.65. The lowest BCUT2D eigenvalue weighted by molar-refractivity contribution is 0.102. The first-order valence-corrected chi connectivity index (χ1v) is 10.1. The van der Waals surface area contributed by atoms with Crippen molar-refractivity contribution in [2.24, 2.45) is 7.05 Å². The van der Waals surface area contributed by atoms with Crippen LogP contribution in [-0.2, 0) is 12.8 Å². The van der Waals surface area contributed by atoms with Crippen molar-refractivity contribution < 1.29 is 9.21 Å². The van der Waals surface area contributed by atoms with Crippen molar-refractivity contribution in [1.29, 1.82) is 0 Å². The van der Waals surface area contributed by atoms with Gasteiger partial charge in [0.2, 0.25) is 0 Å². The van der Waals surface area contributed by atoms with Crippen LogP contribution in [0.15, 0.2) is 76.5 Å². The van der Waals surface area contributed by atoms with Crippen LogP contribution in [-0.4, -0.2) is 20.7 Å². The van der Waals surface area contributed by atoms with Crippen LogP contribution in [0.4, 0.5) is 5.69 Å². The van der Waals surface area contributed by atoms with Gasteiger partial charge in [-0.05, 0) is 42.8 Å². The van der Waals surface area contributed by atoms with Gasteiger partial charge in [0.25, 0.3) is 5.91 Å². The van der Waals surface area contributed by atoms with E-state index in [1.807, 2.05) is 79.2 Å². The first kappa shape index (κ1) is 19.0. The van der Waals surface area contributed by atoms with E-state index in [0.717, 1.165) is 39.3 Å². The predicted octanol–water partition coefficient (Wildman–Crippen LogP) is 4.93. The van der Waals surface area contributed by atoms with Gasteiger partial charge in [-0.3, -0.25) is 4.79 Å². The third-order valence-electron chi connectivity index (χ3n) is 4.55. The van der Waals surface area contributed by atoms with E-state index in [9.17, 15) is 4.79 Å². The number of aromatic nitrogens is 3. The van der Waals surface area contributed by atoms with Gasteiger partial charge in [0, 0.05) is 24.1 Å². The van der Waals surface area contributed by atoms with E-state index >= 15 is 0 Å². The van der Waals surface area contributed by atoms with E-state index in [1.54, 1.807) is 18.0 Å². The molecule has 0 atom stereocenters. The molecule has 2 heterocycles. The third-order valence-corrected chi connectivity index (χ3v) is 5.64. The molecule has 0 spiro atoms. The number of amides is 1. The number of thioether (sulfide) groups is 1. The normalized spacial score (nSPS) is 10.8. The fraction of sp³-hybridized carbons (Fsp3) is 0.136. The quantitative estimate of drug-likeness (QED) is 0.461. The Hall–Kier alpha value is -3.32. The van der Waals surface area contributed by atoms with Crippen LogP contribution in [0.25, 0.3) is 11.4 Å². The first-order valence-electron chi connectivity index (χ1n) is 9.14. The van der Waals surface area contributed by atoms with Crippen molar-refractivity contribution in [3.8, 4) is 11.4 Å². The Bertz CT molecular complexity index is 1120. The van der Waals surface area contributed by atoms with Crippen molar-refractivity contribution in [2.75, 3.05) is 5.32 Å². The fourth-order valence-corrected chi connectivity index (χ4v) is 3.78. The van der Waals surface area contributed by atoms with Gasteiger partial charge in [0.05, 0.1) is 11.8 Å². The molecular weight excluding hydrogens is 384 g/mol. The minimum atomic E-state index is -0.121. The molecule has 0 unspecified atom stereocenters. The summed E-state index contributed by atoms with van der Waals surface area (Å²) in [6.45, 7) is 1.91. The second-order valence-corrected chi connectivity index (χ2v) is 7.50. The molecule has 0 aliphatic rings. The summed E-state index contributed by atoms with van der Waals surface area (Å²) in [7, 11) is 1.95. The highest BCUT2D eigenvalue weighted by Crippen LogP contribution is 2.27. The summed E-state index contributed by atoms with van der Waals surface area (Å²) >= 11 is 1.60. The topological polar surface area (TPSA) is 72.9 Å². The molecule has 1 amide bonds. The zero-order valence-corrected chi connectivity index (χ0v) is 16.9. The van der Waals surface area contributed by atoms with Crippen LogP contribution in [0, 0.1) is 6.92 Å². The Balaban J connectivity index is 1.39. The first-order chi connectivity index (χ1) is 14.1. The molecule has 4 rings (SSSR count). The highest BCUT2D eigenvalue weighted by molar-refractivity contribution is 7.98. The Kier molecular flexibility index (Phi) is 5.48. The molecule has 7 heteroatoms. The lowest BCUT2D eigenvalue weighted by Crippen LogP contribution is -2.11. The number of carbonyl (C=O) groups is 1. The van der Waals surface area contributed by atoms with Gasteiger partial charge in [-0.15, -0.1) is 10.2 Å². The van der Waals surface area contributed by atoms with Gasteiger partial charge in [-0.25, -0.2) is 0 Å². The van der Waals surface area contributed by atoms with Crippen LogP contribution >= 0.6 is 11.8 Å². The number of rotatable bonds is 6. The lowest BCUT2D eigenvalue weighted by atomic mass is 10.1. The number of aryl methyl sites for hydroxylation is 1. The van der Waals surface area contributed by atoms with Gasteiger partial charge in [0.1, 0.15) is 5.76 Å². The van der Waals surface area contributed by atoms with Crippen molar-refractivity contribution >= 4 is 23.4 Å². The molecule has 0 saturated carbocycles. The molecule has 2 aromatic carbocycles. The fourth-order valence-electron chi connectivity index (χ4n) is 2.92. The minimum Gasteiger partial charge on any atom is -0.469 e. The summed E-state index contributed by atoms with van der Waals surface area (Å²) in [5.41, 5.74) is 3.46. The van der Waals surface area contributed by atoms with Crippen LogP contribution in [0.2, 0.25) is 0 Å². The second-order valence-electron chi connectivity index (χ2n) is 6.56. The molecule has 0 radical (unpaired) electrons. The zero-order valence-electron chi connectivity index (χ0n) is 16.1. The summed E-state index contributed by atoms with van der Waals surface area (Å²) in [5, 5.41) is 12.3. The SMILES string of the molecule is Cc1occc1-c1nnc(SCc2ccc(C(=O)Nc3ccccc3)cc2)n1C. The van der Waals surface area contributed by atoms with E-state index in [-0.39, 0.29) is 5.91 Å². The summed E-state index contributed by atoms with van der Waals surface area (Å²) < 4.78 is 7.32. The van der Waals surface area contributed by atoms with E-state index in [0.29, 0.717) is 5.56 Å². The van der Waals surface area contributed by atoms with E-state index in [2.05, 4.69) is 15.5 Å². The second kappa shape index (κ2) is 8.36. The Morgan fingerprint density at radius 3 is 2.52 bits per heavy atom. The molecule has 0 aliphatic carbocycles. The number of benzene rings is 2. The average Bonchev–Trinajstić information content (AvgIpc) is 3.32. The Morgan fingerprint density at radius 1 is 1.07 bits per heavy atom. The predicted molar refractivity (Wildman–Crippen MR) is 114 cm³/mol. The zero-order chi connectivity index (χ0) is 20.2. The lowest BCUT2D eigenvalue weighted by Gasteiger charge is -2.06. The van der Waals surface area contributed by atoms with Gasteiger partial charge in [0.15, 0.2) is 11.0 Å². The standard InChI is InChI=1S/C22H20N4O2S/c1-15-19(12-13-28-15)20-24-25-22(26(20)2)29-14-16-8-10-17(11-9-16)21(27)23-18-6-4-3-5-7-18/h3-13H,14H2,1-2H3,(H,23,27). The van der Waals surface area contributed by atoms with Crippen LogP contribution in [0.5, 0.6) is 0 Å². The molecule has 0 bridgehead atoms. The molecule has 1 N–H and O–H groups in total. The van der Waals surface area contributed by atoms with Crippen LogP contribution in [0.3, 0.4) is 0 Å². The average molecular weight is 404 g/mol. The molecule has 0 fully saturated rings. The van der Waals surface area contributed by atoms with Crippen molar-refractivity contribution in [3.05, 3.63) is 83.8 Å². The number of hydrogen-bond acceptors (Lipinski definition) is 5. The number of hydrogen-bond donors (Lipinski definition) is 1. The smallest absolute Gasteiger partial charge is 0.255 e. The molecule has 29 heavy (non-hydrogen) atoms. The molecule has 2 aromatic heterocycles. The third kappa shape index (κ3) is 4.25. The highest BCUT2D eigenvalue weighted by atomic mass is 32.2. The van der Waals surface area contributed by atoms with E-state index in [1.165, 1.54) is 0 Å². The number of carbonyl (C=O) groups excluding carboxylic acids is 1. The van der Waals surface area contributed by atoms with Crippen LogP contribution < -0.4 is 5.32 Å². The van der Waals surface area contributed by atoms with Crippen LogP contribution in [0.1, 0.15) is 21.7 Å². The van der Waals surface area contributed by atoms with Gasteiger partial charge >= 0.3 is 0 Å². The molecule has 4 aromatic rings. The maximum atomic E-state index is 12.3. The summed E-state index contributed by atoms with van der Waals surface area (Å²) in [5.74, 6) is 2.22. The van der Waals surface area contributed by atoms with Gasteiger partial charge in [-0.1, -0.05) is 42.1 Å². The van der Waals surface area contributed by atoms with E-state index < -0.39 is 0 Å². The van der Waals surface area contributed by atoms with Crippen molar-refractivity contribution in [3.63, 3.8) is 0 Å². The molecule has 0 saturated heterocycles.